The molecular weight excluding hydrogens is 362 g/mol. The molecule has 2 heterocycles. The van der Waals surface area contributed by atoms with Gasteiger partial charge in [-0.25, -0.2) is 0 Å². The topological polar surface area (TPSA) is 59.2 Å². The number of amides is 1. The fraction of sp³-hybridized carbons (Fsp3) is 0.125. The maximum atomic E-state index is 13.2. The molecule has 0 bridgehead atoms. The number of nitrogens with zero attached hydrogens (tertiary/aromatic N) is 3. The Bertz CT molecular complexity index is 1050. The second-order valence-electron chi connectivity index (χ2n) is 6.77. The van der Waals surface area contributed by atoms with Crippen molar-refractivity contribution in [3.63, 3.8) is 0 Å². The summed E-state index contributed by atoms with van der Waals surface area (Å²) in [7, 11) is 0. The summed E-state index contributed by atoms with van der Waals surface area (Å²) in [5.74, 6) is 0.382. The highest BCUT2D eigenvalue weighted by atomic mass is 16.5. The lowest BCUT2D eigenvalue weighted by Gasteiger charge is -2.22. The molecule has 1 amide bonds. The van der Waals surface area contributed by atoms with Crippen molar-refractivity contribution in [3.8, 4) is 11.3 Å². The zero-order chi connectivity index (χ0) is 19.9. The summed E-state index contributed by atoms with van der Waals surface area (Å²) >= 11 is 0. The molecular formula is C24H21N3O2. The van der Waals surface area contributed by atoms with E-state index < -0.39 is 0 Å². The van der Waals surface area contributed by atoms with Crippen LogP contribution < -0.4 is 0 Å². The Kier molecular flexibility index (Phi) is 5.76. The molecule has 144 valence electrons. The number of carbonyl (C=O) groups is 1. The van der Waals surface area contributed by atoms with E-state index in [1.807, 2.05) is 65.6 Å². The lowest BCUT2D eigenvalue weighted by atomic mass is 10.1. The maximum absolute atomic E-state index is 13.2. The Morgan fingerprint density at radius 1 is 0.897 bits per heavy atom. The van der Waals surface area contributed by atoms with E-state index in [1.54, 1.807) is 18.5 Å². The van der Waals surface area contributed by atoms with Gasteiger partial charge in [0, 0.05) is 37.1 Å². The normalized spacial score (nSPS) is 10.6. The van der Waals surface area contributed by atoms with Gasteiger partial charge >= 0.3 is 0 Å². The highest BCUT2D eigenvalue weighted by Gasteiger charge is 2.21. The molecule has 0 saturated heterocycles. The van der Waals surface area contributed by atoms with Gasteiger partial charge in [-0.3, -0.25) is 9.78 Å². The van der Waals surface area contributed by atoms with Crippen molar-refractivity contribution >= 4 is 5.91 Å². The van der Waals surface area contributed by atoms with Gasteiger partial charge in [-0.15, -0.1) is 0 Å². The molecule has 0 N–H and O–H groups in total. The number of carbonyl (C=O) groups excluding carboxylic acids is 1. The second kappa shape index (κ2) is 8.97. The van der Waals surface area contributed by atoms with Gasteiger partial charge in [0.1, 0.15) is 0 Å². The summed E-state index contributed by atoms with van der Waals surface area (Å²) in [6.45, 7) is 1.11. The molecule has 0 aliphatic carbocycles. The van der Waals surface area contributed by atoms with Gasteiger partial charge in [-0.05, 0) is 29.7 Å². The monoisotopic (exact) mass is 383 g/mol. The van der Waals surface area contributed by atoms with Gasteiger partial charge in [0.05, 0.1) is 0 Å². The average molecular weight is 383 g/mol. The van der Waals surface area contributed by atoms with Crippen molar-refractivity contribution in [2.75, 3.05) is 6.54 Å². The molecule has 0 spiro atoms. The lowest BCUT2D eigenvalue weighted by Crippen LogP contribution is -2.32. The van der Waals surface area contributed by atoms with Gasteiger partial charge in [-0.1, -0.05) is 65.8 Å². The van der Waals surface area contributed by atoms with Crippen LogP contribution in [0.25, 0.3) is 11.3 Å². The number of pyridine rings is 1. The van der Waals surface area contributed by atoms with Crippen molar-refractivity contribution in [1.82, 2.24) is 15.0 Å². The Hall–Kier alpha value is -3.73. The highest BCUT2D eigenvalue weighted by Crippen LogP contribution is 2.20. The quantitative estimate of drug-likeness (QED) is 0.467. The summed E-state index contributed by atoms with van der Waals surface area (Å²) < 4.78 is 5.40. The second-order valence-corrected chi connectivity index (χ2v) is 6.77. The van der Waals surface area contributed by atoms with E-state index in [9.17, 15) is 4.79 Å². The third-order valence-corrected chi connectivity index (χ3v) is 4.69. The molecule has 0 unspecified atom stereocenters. The third kappa shape index (κ3) is 4.76. The van der Waals surface area contributed by atoms with Crippen LogP contribution in [0.5, 0.6) is 0 Å². The van der Waals surface area contributed by atoms with Crippen LogP contribution in [0.15, 0.2) is 95.8 Å². The number of rotatable bonds is 7. The molecule has 0 fully saturated rings. The largest absolute Gasteiger partial charge is 0.355 e. The van der Waals surface area contributed by atoms with Gasteiger partial charge < -0.3 is 9.42 Å². The molecule has 2 aromatic carbocycles. The zero-order valence-electron chi connectivity index (χ0n) is 15.9. The number of hydrogen-bond donors (Lipinski definition) is 0. The van der Waals surface area contributed by atoms with Gasteiger partial charge in [-0.2, -0.15) is 0 Å². The fourth-order valence-corrected chi connectivity index (χ4v) is 3.15. The maximum Gasteiger partial charge on any atom is 0.276 e. The Morgan fingerprint density at radius 3 is 2.31 bits per heavy atom. The van der Waals surface area contributed by atoms with Crippen molar-refractivity contribution in [2.45, 2.75) is 13.0 Å². The van der Waals surface area contributed by atoms with Crippen molar-refractivity contribution in [3.05, 3.63) is 108 Å². The molecule has 0 atom stereocenters. The minimum absolute atomic E-state index is 0.149. The molecule has 0 aliphatic rings. The molecule has 0 saturated carbocycles. The summed E-state index contributed by atoms with van der Waals surface area (Å²) in [5.41, 5.74) is 3.35. The molecule has 0 aliphatic heterocycles. The Labute approximate surface area is 169 Å². The zero-order valence-corrected chi connectivity index (χ0v) is 15.9. The Balaban J connectivity index is 1.54. The predicted octanol–water partition coefficient (Wildman–Crippen LogP) is 4.62. The smallest absolute Gasteiger partial charge is 0.276 e. The van der Waals surface area contributed by atoms with Crippen LogP contribution in [-0.4, -0.2) is 27.5 Å². The fourth-order valence-electron chi connectivity index (χ4n) is 3.15. The first-order chi connectivity index (χ1) is 14.3. The molecule has 0 radical (unpaired) electrons. The van der Waals surface area contributed by atoms with E-state index in [1.165, 1.54) is 5.56 Å². The van der Waals surface area contributed by atoms with Crippen LogP contribution >= 0.6 is 0 Å². The molecule has 29 heavy (non-hydrogen) atoms. The van der Waals surface area contributed by atoms with E-state index in [-0.39, 0.29) is 5.91 Å². The standard InChI is InChI=1S/C24H21N3O2/c28-24(22-16-23(29-26-22)21-12-7-14-25-17-21)27(18-20-10-5-2-6-11-20)15-13-19-8-3-1-4-9-19/h1-12,14,16-17H,13,15,18H2. The van der Waals surface area contributed by atoms with Crippen LogP contribution in [0, 0.1) is 0 Å². The van der Waals surface area contributed by atoms with Crippen molar-refractivity contribution in [2.24, 2.45) is 0 Å². The summed E-state index contributed by atoms with van der Waals surface area (Å²) in [4.78, 5) is 19.1. The molecule has 5 heteroatoms. The van der Waals surface area contributed by atoms with Crippen LogP contribution in [0.4, 0.5) is 0 Å². The number of aromatic nitrogens is 2. The van der Waals surface area contributed by atoms with Crippen LogP contribution in [-0.2, 0) is 13.0 Å². The number of benzene rings is 2. The van der Waals surface area contributed by atoms with Gasteiger partial charge in [0.25, 0.3) is 5.91 Å². The van der Waals surface area contributed by atoms with Gasteiger partial charge in [0.15, 0.2) is 11.5 Å². The van der Waals surface area contributed by atoms with Crippen LogP contribution in [0.2, 0.25) is 0 Å². The van der Waals surface area contributed by atoms with E-state index in [4.69, 9.17) is 4.52 Å². The molecule has 4 rings (SSSR count). The molecule has 5 nitrogen and oxygen atoms in total. The number of hydrogen-bond acceptors (Lipinski definition) is 4. The van der Waals surface area contributed by atoms with E-state index in [0.717, 1.165) is 17.5 Å². The summed E-state index contributed by atoms with van der Waals surface area (Å²) in [6, 6.07) is 25.5. The predicted molar refractivity (Wildman–Crippen MR) is 111 cm³/mol. The first-order valence-electron chi connectivity index (χ1n) is 9.54. The summed E-state index contributed by atoms with van der Waals surface area (Å²) in [5, 5.41) is 4.02. The minimum Gasteiger partial charge on any atom is -0.355 e. The average Bonchev–Trinajstić information content (AvgIpc) is 3.28. The van der Waals surface area contributed by atoms with Crippen LogP contribution in [0.3, 0.4) is 0 Å². The minimum atomic E-state index is -0.149. The lowest BCUT2D eigenvalue weighted by molar-refractivity contribution is 0.0734. The van der Waals surface area contributed by atoms with E-state index in [0.29, 0.717) is 24.5 Å². The van der Waals surface area contributed by atoms with Gasteiger partial charge in [0.2, 0.25) is 0 Å². The highest BCUT2D eigenvalue weighted by molar-refractivity contribution is 5.93. The van der Waals surface area contributed by atoms with Crippen LogP contribution in [0.1, 0.15) is 21.6 Å². The van der Waals surface area contributed by atoms with E-state index >= 15 is 0 Å². The SMILES string of the molecule is O=C(c1cc(-c2cccnc2)on1)N(CCc1ccccc1)Cc1ccccc1. The third-order valence-electron chi connectivity index (χ3n) is 4.69. The van der Waals surface area contributed by atoms with Crippen molar-refractivity contribution in [1.29, 1.82) is 0 Å². The molecule has 4 aromatic rings. The van der Waals surface area contributed by atoms with Crippen molar-refractivity contribution < 1.29 is 9.32 Å². The first-order valence-corrected chi connectivity index (χ1v) is 9.54. The molecule has 2 aromatic heterocycles. The van der Waals surface area contributed by atoms with E-state index in [2.05, 4.69) is 22.3 Å². The summed E-state index contributed by atoms with van der Waals surface area (Å²) in [6.07, 6.45) is 4.15. The first kappa shape index (κ1) is 18.6. The Morgan fingerprint density at radius 2 is 1.62 bits per heavy atom.